The third kappa shape index (κ3) is 2.69. The number of aromatic hydroxyl groups is 1. The van der Waals surface area contributed by atoms with Gasteiger partial charge in [-0.2, -0.15) is 0 Å². The van der Waals surface area contributed by atoms with Gasteiger partial charge in [-0.3, -0.25) is 14.5 Å². The van der Waals surface area contributed by atoms with Crippen LogP contribution in [0.3, 0.4) is 0 Å². The van der Waals surface area contributed by atoms with E-state index in [0.29, 0.717) is 22.4 Å². The van der Waals surface area contributed by atoms with Crippen molar-refractivity contribution in [3.63, 3.8) is 0 Å². The lowest BCUT2D eigenvalue weighted by Gasteiger charge is -2.24. The molecule has 6 nitrogen and oxygen atoms in total. The van der Waals surface area contributed by atoms with Crippen molar-refractivity contribution in [3.8, 4) is 5.75 Å². The summed E-state index contributed by atoms with van der Waals surface area (Å²) in [4.78, 5) is 32.9. The lowest BCUT2D eigenvalue weighted by Crippen LogP contribution is -2.30. The van der Waals surface area contributed by atoms with Crippen LogP contribution in [-0.4, -0.2) is 16.0 Å². The molecule has 0 radical (unpaired) electrons. The van der Waals surface area contributed by atoms with E-state index in [1.807, 2.05) is 32.0 Å². The Hall–Kier alpha value is -3.93. The summed E-state index contributed by atoms with van der Waals surface area (Å²) in [6, 6.07) is 16.5. The molecule has 1 aliphatic heterocycles. The summed E-state index contributed by atoms with van der Waals surface area (Å²) in [6.07, 6.45) is 0. The van der Waals surface area contributed by atoms with Crippen LogP contribution in [-0.2, 0) is 0 Å². The standard InChI is InChI=1S/C24H18N2O4/c1-13-6-11-18-17(12-13)22(28)20-21(15-7-9-16(27)10-8-15)26(24(29)23(20)30-18)19-5-3-4-14(2)25-19/h3-12,21,27H,1-2H3. The van der Waals surface area contributed by atoms with E-state index in [-0.39, 0.29) is 22.5 Å². The smallest absolute Gasteiger partial charge is 0.296 e. The monoisotopic (exact) mass is 398 g/mol. The summed E-state index contributed by atoms with van der Waals surface area (Å²) >= 11 is 0. The maximum atomic E-state index is 13.5. The molecule has 0 aliphatic carbocycles. The Morgan fingerprint density at radius 1 is 1.00 bits per heavy atom. The largest absolute Gasteiger partial charge is 0.508 e. The number of carbonyl (C=O) groups excluding carboxylic acids is 1. The molecule has 6 heteroatoms. The van der Waals surface area contributed by atoms with E-state index in [1.54, 1.807) is 30.3 Å². The molecule has 1 amide bonds. The number of carbonyl (C=O) groups is 1. The van der Waals surface area contributed by atoms with Gasteiger partial charge in [0, 0.05) is 5.69 Å². The summed E-state index contributed by atoms with van der Waals surface area (Å²) in [7, 11) is 0. The fraction of sp³-hybridized carbons (Fsp3) is 0.125. The lowest BCUT2D eigenvalue weighted by atomic mass is 9.98. The third-order valence-corrected chi connectivity index (χ3v) is 5.35. The zero-order valence-electron chi connectivity index (χ0n) is 16.4. The molecule has 2 aromatic carbocycles. The quantitative estimate of drug-likeness (QED) is 0.545. The maximum absolute atomic E-state index is 13.5. The van der Waals surface area contributed by atoms with Gasteiger partial charge in [-0.05, 0) is 55.8 Å². The van der Waals surface area contributed by atoms with Crippen molar-refractivity contribution in [2.45, 2.75) is 19.9 Å². The number of pyridine rings is 1. The molecule has 5 rings (SSSR count). The minimum absolute atomic E-state index is 0.0257. The fourth-order valence-electron chi connectivity index (χ4n) is 3.96. The van der Waals surface area contributed by atoms with Crippen LogP contribution >= 0.6 is 0 Å². The molecule has 148 valence electrons. The molecule has 4 aromatic rings. The Balaban J connectivity index is 1.83. The highest BCUT2D eigenvalue weighted by Crippen LogP contribution is 2.40. The first kappa shape index (κ1) is 18.1. The minimum Gasteiger partial charge on any atom is -0.508 e. The van der Waals surface area contributed by atoms with Crippen LogP contribution in [0.4, 0.5) is 5.82 Å². The summed E-state index contributed by atoms with van der Waals surface area (Å²) in [5.74, 6) is 0.146. The highest BCUT2D eigenvalue weighted by atomic mass is 16.3. The lowest BCUT2D eigenvalue weighted by molar-refractivity contribution is 0.0970. The van der Waals surface area contributed by atoms with Crippen LogP contribution in [0.5, 0.6) is 5.75 Å². The first-order valence-electron chi connectivity index (χ1n) is 9.57. The number of benzene rings is 2. The molecule has 0 bridgehead atoms. The molecule has 3 heterocycles. The average Bonchev–Trinajstić information content (AvgIpc) is 3.02. The number of aryl methyl sites for hydroxylation is 2. The van der Waals surface area contributed by atoms with E-state index in [2.05, 4.69) is 4.98 Å². The number of anilines is 1. The fourth-order valence-corrected chi connectivity index (χ4v) is 3.96. The highest BCUT2D eigenvalue weighted by Gasteiger charge is 2.44. The zero-order valence-corrected chi connectivity index (χ0v) is 16.4. The van der Waals surface area contributed by atoms with Gasteiger partial charge in [0.15, 0.2) is 5.43 Å². The summed E-state index contributed by atoms with van der Waals surface area (Å²) in [5.41, 5.74) is 2.78. The van der Waals surface area contributed by atoms with Crippen molar-refractivity contribution in [2.24, 2.45) is 0 Å². The molecule has 0 saturated carbocycles. The Morgan fingerprint density at radius 2 is 1.77 bits per heavy atom. The number of phenolic OH excluding ortho intramolecular Hbond substituents is 1. The van der Waals surface area contributed by atoms with E-state index < -0.39 is 11.9 Å². The summed E-state index contributed by atoms with van der Waals surface area (Å²) < 4.78 is 5.94. The van der Waals surface area contributed by atoms with Gasteiger partial charge >= 0.3 is 0 Å². The maximum Gasteiger partial charge on any atom is 0.296 e. The van der Waals surface area contributed by atoms with Gasteiger partial charge in [-0.25, -0.2) is 4.98 Å². The summed E-state index contributed by atoms with van der Waals surface area (Å²) in [6.45, 7) is 3.74. The molecule has 0 spiro atoms. The van der Waals surface area contributed by atoms with Gasteiger partial charge in [0.25, 0.3) is 5.91 Å². The van der Waals surface area contributed by atoms with Crippen LogP contribution in [0.25, 0.3) is 11.0 Å². The van der Waals surface area contributed by atoms with E-state index in [4.69, 9.17) is 4.42 Å². The molecule has 2 aromatic heterocycles. The van der Waals surface area contributed by atoms with Crippen molar-refractivity contribution in [1.29, 1.82) is 0 Å². The number of nitrogens with zero attached hydrogens (tertiary/aromatic N) is 2. The van der Waals surface area contributed by atoms with Gasteiger partial charge < -0.3 is 9.52 Å². The second-order valence-electron chi connectivity index (χ2n) is 7.48. The Kier molecular flexibility index (Phi) is 3.96. The number of hydrogen-bond donors (Lipinski definition) is 1. The summed E-state index contributed by atoms with van der Waals surface area (Å²) in [5, 5.41) is 10.2. The van der Waals surface area contributed by atoms with Gasteiger partial charge in [0.05, 0.1) is 17.0 Å². The normalized spacial score (nSPS) is 15.6. The molecule has 1 N–H and O–H groups in total. The predicted octanol–water partition coefficient (Wildman–Crippen LogP) is 4.26. The third-order valence-electron chi connectivity index (χ3n) is 5.35. The first-order valence-corrected chi connectivity index (χ1v) is 9.57. The van der Waals surface area contributed by atoms with E-state index in [1.165, 1.54) is 17.0 Å². The van der Waals surface area contributed by atoms with Crippen molar-refractivity contribution < 1.29 is 14.3 Å². The number of rotatable bonds is 2. The molecule has 30 heavy (non-hydrogen) atoms. The van der Waals surface area contributed by atoms with E-state index in [0.717, 1.165) is 11.3 Å². The SMILES string of the molecule is Cc1ccc2oc3c(c(=O)c2c1)C(c1ccc(O)cc1)N(c1cccc(C)n1)C3=O. The first-order chi connectivity index (χ1) is 14.4. The molecule has 1 unspecified atom stereocenters. The van der Waals surface area contributed by atoms with Crippen molar-refractivity contribution in [3.05, 3.63) is 99.0 Å². The minimum atomic E-state index is -0.705. The van der Waals surface area contributed by atoms with Crippen molar-refractivity contribution in [1.82, 2.24) is 4.98 Å². The topological polar surface area (TPSA) is 83.6 Å². The van der Waals surface area contributed by atoms with Gasteiger partial charge in [0.1, 0.15) is 17.2 Å². The molecule has 1 atom stereocenters. The van der Waals surface area contributed by atoms with Gasteiger partial charge in [-0.15, -0.1) is 0 Å². The highest BCUT2D eigenvalue weighted by molar-refractivity contribution is 6.10. The van der Waals surface area contributed by atoms with Crippen LogP contribution in [0.1, 0.15) is 39.0 Å². The van der Waals surface area contributed by atoms with E-state index >= 15 is 0 Å². The zero-order chi connectivity index (χ0) is 21.0. The molecule has 0 saturated heterocycles. The predicted molar refractivity (Wildman–Crippen MR) is 113 cm³/mol. The Morgan fingerprint density at radius 3 is 2.50 bits per heavy atom. The number of fused-ring (bicyclic) bond motifs is 2. The van der Waals surface area contributed by atoms with Crippen LogP contribution < -0.4 is 10.3 Å². The molecular formula is C24H18N2O4. The van der Waals surface area contributed by atoms with Crippen LogP contribution in [0, 0.1) is 13.8 Å². The molecular weight excluding hydrogens is 380 g/mol. The number of hydrogen-bond acceptors (Lipinski definition) is 5. The average molecular weight is 398 g/mol. The Bertz CT molecular complexity index is 1370. The van der Waals surface area contributed by atoms with Crippen LogP contribution in [0.15, 0.2) is 69.9 Å². The molecule has 1 aliphatic rings. The second-order valence-corrected chi connectivity index (χ2v) is 7.48. The van der Waals surface area contributed by atoms with Gasteiger partial charge in [-0.1, -0.05) is 29.8 Å². The van der Waals surface area contributed by atoms with Gasteiger partial charge in [0.2, 0.25) is 5.76 Å². The van der Waals surface area contributed by atoms with E-state index in [9.17, 15) is 14.7 Å². The van der Waals surface area contributed by atoms with Crippen molar-refractivity contribution in [2.75, 3.05) is 4.90 Å². The number of amides is 1. The second kappa shape index (κ2) is 6.56. The number of phenols is 1. The molecule has 0 fully saturated rings. The van der Waals surface area contributed by atoms with Crippen molar-refractivity contribution >= 4 is 22.7 Å². The number of aromatic nitrogens is 1. The Labute approximate surface area is 172 Å². The van der Waals surface area contributed by atoms with Crippen LogP contribution in [0.2, 0.25) is 0 Å².